The number of hydrogen-bond donors (Lipinski definition) is 2. The number of aromatic nitrogens is 1. The molecule has 2 N–H and O–H groups in total. The lowest BCUT2D eigenvalue weighted by molar-refractivity contribution is -0.118. The molecule has 0 saturated carbocycles. The van der Waals surface area contributed by atoms with Gasteiger partial charge in [-0.25, -0.2) is 0 Å². The number of morpholine rings is 1. The third-order valence-corrected chi connectivity index (χ3v) is 5.49. The van der Waals surface area contributed by atoms with Crippen molar-refractivity contribution in [2.45, 2.75) is 18.7 Å². The number of nitrogens with zero attached hydrogens (tertiary/aromatic N) is 2. The van der Waals surface area contributed by atoms with Gasteiger partial charge in [-0.1, -0.05) is 0 Å². The number of pyridine rings is 1. The molecule has 1 amide bonds. The topological polar surface area (TPSA) is 87.8 Å². The Morgan fingerprint density at radius 3 is 2.97 bits per heavy atom. The van der Waals surface area contributed by atoms with Gasteiger partial charge in [0.05, 0.1) is 38.0 Å². The molecule has 0 aliphatic carbocycles. The number of rotatable bonds is 10. The number of nitrogens with one attached hydrogen (secondary N) is 1. The van der Waals surface area contributed by atoms with E-state index in [1.54, 1.807) is 24.8 Å². The van der Waals surface area contributed by atoms with Crippen molar-refractivity contribution in [3.8, 4) is 0 Å². The molecule has 1 fully saturated rings. The summed E-state index contributed by atoms with van der Waals surface area (Å²) >= 11 is 1.50. The molecule has 0 aromatic carbocycles. The maximum atomic E-state index is 11.9. The number of carbonyl (C=O) groups is 1. The van der Waals surface area contributed by atoms with Crippen molar-refractivity contribution in [3.63, 3.8) is 0 Å². The molecular weight excluding hydrogens is 390 g/mol. The summed E-state index contributed by atoms with van der Waals surface area (Å²) in [5.74, 6) is 1.09. The summed E-state index contributed by atoms with van der Waals surface area (Å²) in [5, 5.41) is 12.8. The smallest absolute Gasteiger partial charge is 0.230 e. The number of hydrogen-bond acceptors (Lipinski definition) is 7. The average molecular weight is 418 g/mol. The molecule has 0 atom stereocenters. The van der Waals surface area contributed by atoms with Crippen molar-refractivity contribution in [1.82, 2.24) is 15.2 Å². The lowest BCUT2D eigenvalue weighted by Crippen LogP contribution is -2.35. The van der Waals surface area contributed by atoms with E-state index in [4.69, 9.17) is 9.15 Å². The van der Waals surface area contributed by atoms with Crippen LogP contribution in [-0.4, -0.2) is 59.5 Å². The minimum absolute atomic E-state index is 0.107. The van der Waals surface area contributed by atoms with Crippen molar-refractivity contribution in [1.29, 1.82) is 0 Å². The molecule has 2 aromatic rings. The number of thioether (sulfide) groups is 1. The average Bonchev–Trinajstić information content (AvgIpc) is 3.25. The highest BCUT2D eigenvalue weighted by molar-refractivity contribution is 7.99. The first-order valence-electron chi connectivity index (χ1n) is 9.66. The van der Waals surface area contributed by atoms with Crippen LogP contribution < -0.4 is 5.32 Å². The van der Waals surface area contributed by atoms with E-state index < -0.39 is 0 Å². The zero-order valence-electron chi connectivity index (χ0n) is 16.4. The molecule has 0 spiro atoms. The fourth-order valence-electron chi connectivity index (χ4n) is 2.93. The van der Waals surface area contributed by atoms with E-state index in [-0.39, 0.29) is 18.2 Å². The Morgan fingerprint density at radius 1 is 1.31 bits per heavy atom. The van der Waals surface area contributed by atoms with E-state index in [0.717, 1.165) is 49.9 Å². The third kappa shape index (κ3) is 7.92. The molecule has 3 heterocycles. The van der Waals surface area contributed by atoms with Crippen LogP contribution in [0.25, 0.3) is 0 Å². The second-order valence-electron chi connectivity index (χ2n) is 6.84. The van der Waals surface area contributed by atoms with Crippen LogP contribution in [0.5, 0.6) is 0 Å². The summed E-state index contributed by atoms with van der Waals surface area (Å²) in [6.45, 7) is 4.45. The fraction of sp³-hybridized carbons (Fsp3) is 0.429. The highest BCUT2D eigenvalue weighted by atomic mass is 32.2. The maximum Gasteiger partial charge on any atom is 0.230 e. The van der Waals surface area contributed by atoms with Gasteiger partial charge in [0, 0.05) is 49.3 Å². The highest BCUT2D eigenvalue weighted by Crippen LogP contribution is 2.12. The monoisotopic (exact) mass is 417 g/mol. The molecular formula is C21H27N3O4S. The number of aliphatic hydroxyl groups is 1. The third-order valence-electron chi connectivity index (χ3n) is 4.49. The van der Waals surface area contributed by atoms with Crippen molar-refractivity contribution >= 4 is 17.7 Å². The van der Waals surface area contributed by atoms with Crippen LogP contribution in [0.15, 0.2) is 53.2 Å². The summed E-state index contributed by atoms with van der Waals surface area (Å²) < 4.78 is 10.4. The number of ether oxygens (including phenoxy) is 1. The number of amides is 1. The first-order valence-corrected chi connectivity index (χ1v) is 10.8. The second-order valence-corrected chi connectivity index (χ2v) is 7.83. The van der Waals surface area contributed by atoms with Gasteiger partial charge in [0.2, 0.25) is 5.91 Å². The van der Waals surface area contributed by atoms with E-state index in [1.165, 1.54) is 17.3 Å². The van der Waals surface area contributed by atoms with Crippen LogP contribution in [0.3, 0.4) is 0 Å². The van der Waals surface area contributed by atoms with E-state index >= 15 is 0 Å². The van der Waals surface area contributed by atoms with Gasteiger partial charge in [0.25, 0.3) is 0 Å². The van der Waals surface area contributed by atoms with E-state index in [2.05, 4.69) is 21.3 Å². The van der Waals surface area contributed by atoms with Crippen molar-refractivity contribution < 1.29 is 19.1 Å². The molecule has 156 valence electrons. The highest BCUT2D eigenvalue weighted by Gasteiger charge is 2.11. The maximum absolute atomic E-state index is 11.9. The molecule has 29 heavy (non-hydrogen) atoms. The summed E-state index contributed by atoms with van der Waals surface area (Å²) in [6.07, 6.45) is 7.30. The van der Waals surface area contributed by atoms with Gasteiger partial charge in [0.1, 0.15) is 5.76 Å². The largest absolute Gasteiger partial charge is 0.511 e. The van der Waals surface area contributed by atoms with Gasteiger partial charge in [-0.05, 0) is 29.8 Å². The van der Waals surface area contributed by atoms with Crippen LogP contribution in [0.2, 0.25) is 0 Å². The number of carbonyl (C=O) groups excluding carboxylic acids is 1. The molecule has 1 aliphatic rings. The van der Waals surface area contributed by atoms with Gasteiger partial charge < -0.3 is 19.6 Å². The molecule has 7 nitrogen and oxygen atoms in total. The molecule has 3 rings (SSSR count). The minimum atomic E-state index is -0.107. The van der Waals surface area contributed by atoms with Crippen molar-refractivity contribution in [3.05, 3.63) is 65.6 Å². The Labute approximate surface area is 175 Å². The molecule has 1 saturated heterocycles. The SMILES string of the molecule is O=C(CSCc1ccoc1)NCC(O)=CCc1cc(CN2CCOCC2)ccn1. The summed E-state index contributed by atoms with van der Waals surface area (Å²) in [6, 6.07) is 5.96. The molecule has 0 bridgehead atoms. The Morgan fingerprint density at radius 2 is 2.17 bits per heavy atom. The van der Waals surface area contributed by atoms with Gasteiger partial charge in [0.15, 0.2) is 0 Å². The van der Waals surface area contributed by atoms with Crippen LogP contribution in [0.4, 0.5) is 0 Å². The first-order chi connectivity index (χ1) is 14.2. The Balaban J connectivity index is 1.37. The summed E-state index contributed by atoms with van der Waals surface area (Å²) in [5.41, 5.74) is 3.14. The lowest BCUT2D eigenvalue weighted by Gasteiger charge is -2.26. The van der Waals surface area contributed by atoms with Gasteiger partial charge in [-0.2, -0.15) is 0 Å². The van der Waals surface area contributed by atoms with Crippen molar-refractivity contribution in [2.24, 2.45) is 0 Å². The zero-order valence-corrected chi connectivity index (χ0v) is 17.2. The van der Waals surface area contributed by atoms with E-state index in [1.807, 2.05) is 12.1 Å². The van der Waals surface area contributed by atoms with Crippen LogP contribution in [0.1, 0.15) is 16.8 Å². The number of allylic oxidation sites excluding steroid dienone is 1. The summed E-state index contributed by atoms with van der Waals surface area (Å²) in [4.78, 5) is 18.6. The predicted octanol–water partition coefficient (Wildman–Crippen LogP) is 2.54. The standard InChI is InChI=1S/C21H27N3O4S/c25-20(12-23-21(26)16-29-15-18-4-8-28-14-18)2-1-19-11-17(3-5-22-19)13-24-6-9-27-10-7-24/h2-5,8,11,14,25H,1,6-7,9-10,12-13,15-16H2,(H,23,26). The number of aliphatic hydroxyl groups excluding tert-OH is 1. The quantitative estimate of drug-likeness (QED) is 0.575. The van der Waals surface area contributed by atoms with Crippen LogP contribution >= 0.6 is 11.8 Å². The fourth-order valence-corrected chi connectivity index (χ4v) is 3.72. The second kappa shape index (κ2) is 11.6. The Kier molecular flexibility index (Phi) is 8.60. The van der Waals surface area contributed by atoms with Gasteiger partial charge >= 0.3 is 0 Å². The van der Waals surface area contributed by atoms with E-state index in [0.29, 0.717) is 12.2 Å². The molecule has 2 aromatic heterocycles. The van der Waals surface area contributed by atoms with E-state index in [9.17, 15) is 9.90 Å². The van der Waals surface area contributed by atoms with Crippen LogP contribution in [-0.2, 0) is 28.2 Å². The molecule has 0 unspecified atom stereocenters. The lowest BCUT2D eigenvalue weighted by atomic mass is 10.1. The minimum Gasteiger partial charge on any atom is -0.511 e. The first kappa shape index (κ1) is 21.4. The van der Waals surface area contributed by atoms with Gasteiger partial charge in [-0.3, -0.25) is 14.7 Å². The molecule has 1 aliphatic heterocycles. The summed E-state index contributed by atoms with van der Waals surface area (Å²) in [7, 11) is 0. The van der Waals surface area contributed by atoms with Crippen LogP contribution in [0, 0.1) is 0 Å². The van der Waals surface area contributed by atoms with Gasteiger partial charge in [-0.15, -0.1) is 11.8 Å². The normalized spacial score (nSPS) is 15.4. The molecule has 8 heteroatoms. The predicted molar refractivity (Wildman–Crippen MR) is 113 cm³/mol. The van der Waals surface area contributed by atoms with Crippen molar-refractivity contribution in [2.75, 3.05) is 38.6 Å². The number of furan rings is 1. The molecule has 0 radical (unpaired) electrons. The Hall–Kier alpha value is -2.29. The Bertz CT molecular complexity index is 789. The zero-order chi connectivity index (χ0) is 20.3.